The molecule has 0 aliphatic carbocycles. The molecule has 6 nitrogen and oxygen atoms in total. The van der Waals surface area contributed by atoms with E-state index in [9.17, 15) is 4.79 Å². The molecule has 2 aromatic rings. The van der Waals surface area contributed by atoms with Crippen molar-refractivity contribution in [3.05, 3.63) is 30.3 Å². The number of benzene rings is 1. The Hall–Kier alpha value is -2.50. The van der Waals surface area contributed by atoms with Crippen molar-refractivity contribution in [2.45, 2.75) is 0 Å². The molecule has 0 atom stereocenters. The van der Waals surface area contributed by atoms with Crippen molar-refractivity contribution in [2.24, 2.45) is 5.73 Å². The molecule has 0 fully saturated rings. The number of rotatable bonds is 4. The highest BCUT2D eigenvalue weighted by molar-refractivity contribution is 5.83. The highest BCUT2D eigenvalue weighted by atomic mass is 16.2. The van der Waals surface area contributed by atoms with Crippen LogP contribution in [-0.2, 0) is 0 Å². The van der Waals surface area contributed by atoms with E-state index in [2.05, 4.69) is 15.6 Å². The van der Waals surface area contributed by atoms with Crippen LogP contribution in [0, 0.1) is 0 Å². The quantitative estimate of drug-likeness (QED) is 0.474. The number of nitrogens with one attached hydrogen (secondary N) is 2. The van der Waals surface area contributed by atoms with E-state index < -0.39 is 6.03 Å². The van der Waals surface area contributed by atoms with Crippen LogP contribution in [0.4, 0.5) is 16.3 Å². The van der Waals surface area contributed by atoms with Crippen LogP contribution >= 0.6 is 0 Å². The van der Waals surface area contributed by atoms with Crippen LogP contribution in [0.25, 0.3) is 10.9 Å². The normalized spacial score (nSPS) is 10.2. The van der Waals surface area contributed by atoms with Crippen molar-refractivity contribution in [2.75, 3.05) is 24.1 Å². The lowest BCUT2D eigenvalue weighted by molar-refractivity contribution is 0.249. The van der Waals surface area contributed by atoms with Crippen LogP contribution in [-0.4, -0.2) is 24.1 Å². The van der Waals surface area contributed by atoms with E-state index in [0.29, 0.717) is 13.1 Å². The standard InChI is InChI=1S/C12H15N5O/c13-9-2-3-10-8(7-9)1-4-11(17-10)15-5-6-16-12(14)18/h1-4,7H,5-6,13H2,(H,15,17)(H3,14,16,18). The number of primary amides is 1. The van der Waals surface area contributed by atoms with E-state index in [0.717, 1.165) is 22.4 Å². The Balaban J connectivity index is 2.01. The first-order valence-electron chi connectivity index (χ1n) is 5.58. The maximum absolute atomic E-state index is 10.5. The van der Waals surface area contributed by atoms with Crippen molar-refractivity contribution in [3.8, 4) is 0 Å². The fourth-order valence-electron chi connectivity index (χ4n) is 1.62. The first-order valence-corrected chi connectivity index (χ1v) is 5.58. The Morgan fingerprint density at radius 3 is 2.83 bits per heavy atom. The average molecular weight is 245 g/mol. The zero-order valence-electron chi connectivity index (χ0n) is 9.81. The van der Waals surface area contributed by atoms with Gasteiger partial charge in [0.2, 0.25) is 0 Å². The molecule has 6 heteroatoms. The second-order valence-corrected chi connectivity index (χ2v) is 3.87. The van der Waals surface area contributed by atoms with Crippen LogP contribution in [0.5, 0.6) is 0 Å². The minimum atomic E-state index is -0.529. The van der Waals surface area contributed by atoms with Crippen LogP contribution in [0.2, 0.25) is 0 Å². The summed E-state index contributed by atoms with van der Waals surface area (Å²) >= 11 is 0. The molecule has 2 amide bonds. The summed E-state index contributed by atoms with van der Waals surface area (Å²) in [6.07, 6.45) is 0. The van der Waals surface area contributed by atoms with Crippen LogP contribution in [0.1, 0.15) is 0 Å². The van der Waals surface area contributed by atoms with Gasteiger partial charge in [-0.1, -0.05) is 0 Å². The highest BCUT2D eigenvalue weighted by Gasteiger charge is 1.98. The second-order valence-electron chi connectivity index (χ2n) is 3.87. The summed E-state index contributed by atoms with van der Waals surface area (Å²) in [5.41, 5.74) is 12.2. The van der Waals surface area contributed by atoms with Gasteiger partial charge in [0, 0.05) is 24.2 Å². The fourth-order valence-corrected chi connectivity index (χ4v) is 1.62. The van der Waals surface area contributed by atoms with E-state index >= 15 is 0 Å². The molecule has 1 heterocycles. The Morgan fingerprint density at radius 2 is 2.06 bits per heavy atom. The Kier molecular flexibility index (Phi) is 3.47. The van der Waals surface area contributed by atoms with Gasteiger partial charge in [0.05, 0.1) is 5.52 Å². The van der Waals surface area contributed by atoms with Gasteiger partial charge in [-0.3, -0.25) is 0 Å². The minimum absolute atomic E-state index is 0.455. The number of fused-ring (bicyclic) bond motifs is 1. The maximum Gasteiger partial charge on any atom is 0.312 e. The summed E-state index contributed by atoms with van der Waals surface area (Å²) in [4.78, 5) is 14.9. The van der Waals surface area contributed by atoms with Gasteiger partial charge in [0.15, 0.2) is 0 Å². The molecule has 18 heavy (non-hydrogen) atoms. The minimum Gasteiger partial charge on any atom is -0.399 e. The second kappa shape index (κ2) is 5.22. The molecule has 0 aliphatic heterocycles. The summed E-state index contributed by atoms with van der Waals surface area (Å²) in [5, 5.41) is 6.58. The van der Waals surface area contributed by atoms with Gasteiger partial charge in [-0.25, -0.2) is 9.78 Å². The lowest BCUT2D eigenvalue weighted by atomic mass is 10.2. The van der Waals surface area contributed by atoms with Crippen LogP contribution < -0.4 is 22.1 Å². The average Bonchev–Trinajstić information content (AvgIpc) is 2.34. The molecule has 0 saturated carbocycles. The topological polar surface area (TPSA) is 106 Å². The van der Waals surface area contributed by atoms with Gasteiger partial charge >= 0.3 is 6.03 Å². The summed E-state index contributed by atoms with van der Waals surface area (Å²) in [7, 11) is 0. The lowest BCUT2D eigenvalue weighted by Gasteiger charge is -2.07. The number of urea groups is 1. The largest absolute Gasteiger partial charge is 0.399 e. The molecule has 0 radical (unpaired) electrons. The molecule has 6 N–H and O–H groups in total. The third kappa shape index (κ3) is 3.00. The number of hydrogen-bond acceptors (Lipinski definition) is 4. The molecule has 1 aromatic carbocycles. The smallest absolute Gasteiger partial charge is 0.312 e. The number of carbonyl (C=O) groups is 1. The van der Waals surface area contributed by atoms with E-state index in [4.69, 9.17) is 11.5 Å². The number of nitrogen functional groups attached to an aromatic ring is 1. The number of nitrogens with zero attached hydrogens (tertiary/aromatic N) is 1. The van der Waals surface area contributed by atoms with Crippen molar-refractivity contribution >= 4 is 28.4 Å². The summed E-state index contributed by atoms with van der Waals surface area (Å²) in [6.45, 7) is 1.02. The number of pyridine rings is 1. The Bertz CT molecular complexity index is 569. The highest BCUT2D eigenvalue weighted by Crippen LogP contribution is 2.17. The van der Waals surface area contributed by atoms with Gasteiger partial charge < -0.3 is 22.1 Å². The van der Waals surface area contributed by atoms with E-state index in [1.807, 2.05) is 30.3 Å². The third-order valence-electron chi connectivity index (χ3n) is 2.44. The van der Waals surface area contributed by atoms with E-state index in [1.165, 1.54) is 0 Å². The molecular weight excluding hydrogens is 230 g/mol. The van der Waals surface area contributed by atoms with Crippen molar-refractivity contribution in [1.29, 1.82) is 0 Å². The first kappa shape index (κ1) is 12.0. The zero-order valence-corrected chi connectivity index (χ0v) is 9.81. The summed E-state index contributed by atoms with van der Waals surface area (Å²) in [5.74, 6) is 0.749. The Labute approximate surface area is 104 Å². The van der Waals surface area contributed by atoms with Gasteiger partial charge in [-0.05, 0) is 30.3 Å². The number of nitrogens with two attached hydrogens (primary N) is 2. The number of anilines is 2. The maximum atomic E-state index is 10.5. The predicted octanol–water partition coefficient (Wildman–Crippen LogP) is 0.897. The number of aromatic nitrogens is 1. The van der Waals surface area contributed by atoms with Crippen LogP contribution in [0.15, 0.2) is 30.3 Å². The lowest BCUT2D eigenvalue weighted by Crippen LogP contribution is -2.33. The molecule has 0 unspecified atom stereocenters. The monoisotopic (exact) mass is 245 g/mol. The molecule has 0 saturated heterocycles. The van der Waals surface area contributed by atoms with Crippen molar-refractivity contribution < 1.29 is 4.79 Å². The molecule has 1 aromatic heterocycles. The third-order valence-corrected chi connectivity index (χ3v) is 2.44. The summed E-state index contributed by atoms with van der Waals surface area (Å²) < 4.78 is 0. The molecule has 0 aliphatic rings. The number of carbonyl (C=O) groups excluding carboxylic acids is 1. The van der Waals surface area contributed by atoms with E-state index in [1.54, 1.807) is 0 Å². The van der Waals surface area contributed by atoms with E-state index in [-0.39, 0.29) is 0 Å². The summed E-state index contributed by atoms with van der Waals surface area (Å²) in [6, 6.07) is 8.85. The van der Waals surface area contributed by atoms with Gasteiger partial charge in [-0.15, -0.1) is 0 Å². The zero-order chi connectivity index (χ0) is 13.0. The van der Waals surface area contributed by atoms with Gasteiger partial charge in [0.1, 0.15) is 5.82 Å². The van der Waals surface area contributed by atoms with Crippen LogP contribution in [0.3, 0.4) is 0 Å². The SMILES string of the molecule is NC(=O)NCCNc1ccc2cc(N)ccc2n1. The number of amides is 2. The molecular formula is C12H15N5O. The molecule has 2 rings (SSSR count). The Morgan fingerprint density at radius 1 is 1.22 bits per heavy atom. The molecule has 94 valence electrons. The molecule has 0 bridgehead atoms. The first-order chi connectivity index (χ1) is 8.65. The van der Waals surface area contributed by atoms with Gasteiger partial charge in [0.25, 0.3) is 0 Å². The predicted molar refractivity (Wildman–Crippen MR) is 72.2 cm³/mol. The van der Waals surface area contributed by atoms with Gasteiger partial charge in [-0.2, -0.15) is 0 Å². The fraction of sp³-hybridized carbons (Fsp3) is 0.167. The van der Waals surface area contributed by atoms with Crippen molar-refractivity contribution in [1.82, 2.24) is 10.3 Å². The number of hydrogen-bond donors (Lipinski definition) is 4. The molecule has 0 spiro atoms. The van der Waals surface area contributed by atoms with Crippen molar-refractivity contribution in [3.63, 3.8) is 0 Å².